The van der Waals surface area contributed by atoms with Gasteiger partial charge in [-0.25, -0.2) is 8.78 Å². The number of amides is 1. The van der Waals surface area contributed by atoms with Gasteiger partial charge in [0.1, 0.15) is 11.6 Å². The maximum Gasteiger partial charge on any atom is 0.224 e. The average molecular weight is 242 g/mol. The summed E-state index contributed by atoms with van der Waals surface area (Å²) >= 11 is 0. The van der Waals surface area contributed by atoms with Crippen molar-refractivity contribution in [2.24, 2.45) is 11.7 Å². The van der Waals surface area contributed by atoms with Gasteiger partial charge in [0.05, 0.1) is 6.04 Å². The maximum absolute atomic E-state index is 13.4. The highest BCUT2D eigenvalue weighted by Crippen LogP contribution is 2.20. The number of nitrogens with two attached hydrogens (primary N) is 1. The molecule has 0 aliphatic heterocycles. The standard InChI is InChI=1S/C12H16F2N2O/c1-7(6-15)12(17)16-8(2)11-9(13)4-3-5-10(11)14/h3-5,7-8H,6,15H2,1-2H3,(H,16,17). The number of halogens is 2. The smallest absolute Gasteiger partial charge is 0.224 e. The Bertz CT molecular complexity index is 389. The number of hydrogen-bond acceptors (Lipinski definition) is 2. The molecule has 2 atom stereocenters. The molecule has 0 aromatic heterocycles. The van der Waals surface area contributed by atoms with E-state index < -0.39 is 17.7 Å². The molecule has 0 spiro atoms. The Balaban J connectivity index is 2.83. The van der Waals surface area contributed by atoms with Gasteiger partial charge in [0.15, 0.2) is 0 Å². The normalized spacial score (nSPS) is 14.2. The van der Waals surface area contributed by atoms with Gasteiger partial charge in [0.2, 0.25) is 5.91 Å². The predicted molar refractivity (Wildman–Crippen MR) is 61.1 cm³/mol. The van der Waals surface area contributed by atoms with Crippen molar-refractivity contribution >= 4 is 5.91 Å². The van der Waals surface area contributed by atoms with Crippen LogP contribution in [0.2, 0.25) is 0 Å². The van der Waals surface area contributed by atoms with E-state index in [0.717, 1.165) is 12.1 Å². The number of rotatable bonds is 4. The van der Waals surface area contributed by atoms with Crippen LogP contribution in [0, 0.1) is 17.6 Å². The van der Waals surface area contributed by atoms with E-state index in [4.69, 9.17) is 5.73 Å². The number of carbonyl (C=O) groups excluding carboxylic acids is 1. The molecule has 0 saturated heterocycles. The Labute approximate surface area is 99.0 Å². The molecule has 0 aliphatic rings. The van der Waals surface area contributed by atoms with Gasteiger partial charge in [0, 0.05) is 18.0 Å². The van der Waals surface area contributed by atoms with Crippen molar-refractivity contribution < 1.29 is 13.6 Å². The third-order valence-electron chi connectivity index (χ3n) is 2.59. The summed E-state index contributed by atoms with van der Waals surface area (Å²) in [7, 11) is 0. The van der Waals surface area contributed by atoms with Crippen molar-refractivity contribution in [2.45, 2.75) is 19.9 Å². The Morgan fingerprint density at radius 1 is 1.35 bits per heavy atom. The highest BCUT2D eigenvalue weighted by atomic mass is 19.1. The van der Waals surface area contributed by atoms with E-state index in [9.17, 15) is 13.6 Å². The summed E-state index contributed by atoms with van der Waals surface area (Å²) in [5.74, 6) is -2.04. The van der Waals surface area contributed by atoms with Gasteiger partial charge in [-0.05, 0) is 19.1 Å². The summed E-state index contributed by atoms with van der Waals surface area (Å²) in [6.45, 7) is 3.38. The molecule has 0 fully saturated rings. The summed E-state index contributed by atoms with van der Waals surface area (Å²) in [5, 5.41) is 2.53. The number of nitrogens with one attached hydrogen (secondary N) is 1. The van der Waals surface area contributed by atoms with Crippen LogP contribution in [0.4, 0.5) is 8.78 Å². The summed E-state index contributed by atoms with van der Waals surface area (Å²) in [6, 6.07) is 2.88. The lowest BCUT2D eigenvalue weighted by molar-refractivity contribution is -0.124. The van der Waals surface area contributed by atoms with Crippen LogP contribution in [0.25, 0.3) is 0 Å². The van der Waals surface area contributed by atoms with E-state index in [1.54, 1.807) is 6.92 Å². The first kappa shape index (κ1) is 13.6. The molecule has 2 unspecified atom stereocenters. The lowest BCUT2D eigenvalue weighted by Crippen LogP contribution is -2.35. The van der Waals surface area contributed by atoms with E-state index in [1.807, 2.05) is 0 Å². The number of benzene rings is 1. The molecule has 0 radical (unpaired) electrons. The fourth-order valence-electron chi connectivity index (χ4n) is 1.46. The Morgan fingerprint density at radius 3 is 2.35 bits per heavy atom. The van der Waals surface area contributed by atoms with Crippen molar-refractivity contribution in [1.29, 1.82) is 0 Å². The molecule has 0 heterocycles. The molecule has 17 heavy (non-hydrogen) atoms. The molecule has 5 heteroatoms. The Hall–Kier alpha value is -1.49. The van der Waals surface area contributed by atoms with Crippen molar-refractivity contribution in [3.63, 3.8) is 0 Å². The fraction of sp³-hybridized carbons (Fsp3) is 0.417. The molecule has 3 nitrogen and oxygen atoms in total. The van der Waals surface area contributed by atoms with Crippen LogP contribution < -0.4 is 11.1 Å². The Kier molecular flexibility index (Phi) is 4.57. The van der Waals surface area contributed by atoms with Gasteiger partial charge in [0.25, 0.3) is 0 Å². The van der Waals surface area contributed by atoms with Crippen LogP contribution in [0.5, 0.6) is 0 Å². The van der Waals surface area contributed by atoms with Crippen LogP contribution in [-0.2, 0) is 4.79 Å². The van der Waals surface area contributed by atoms with Crippen molar-refractivity contribution in [2.75, 3.05) is 6.54 Å². The van der Waals surface area contributed by atoms with E-state index in [2.05, 4.69) is 5.32 Å². The maximum atomic E-state index is 13.4. The minimum Gasteiger partial charge on any atom is -0.349 e. The van der Waals surface area contributed by atoms with Crippen LogP contribution in [-0.4, -0.2) is 12.5 Å². The third kappa shape index (κ3) is 3.23. The fourth-order valence-corrected chi connectivity index (χ4v) is 1.46. The lowest BCUT2D eigenvalue weighted by atomic mass is 10.1. The van der Waals surface area contributed by atoms with Crippen molar-refractivity contribution in [1.82, 2.24) is 5.32 Å². The van der Waals surface area contributed by atoms with E-state index in [-0.39, 0.29) is 23.9 Å². The zero-order valence-corrected chi connectivity index (χ0v) is 9.84. The van der Waals surface area contributed by atoms with Gasteiger partial charge in [-0.3, -0.25) is 4.79 Å². The van der Waals surface area contributed by atoms with Gasteiger partial charge in [-0.15, -0.1) is 0 Å². The number of hydrogen-bond donors (Lipinski definition) is 2. The summed E-state index contributed by atoms with van der Waals surface area (Å²) < 4.78 is 26.8. The molecule has 0 saturated carbocycles. The highest BCUT2D eigenvalue weighted by Gasteiger charge is 2.19. The van der Waals surface area contributed by atoms with E-state index >= 15 is 0 Å². The minimum absolute atomic E-state index is 0.134. The molecule has 0 aliphatic carbocycles. The second kappa shape index (κ2) is 5.72. The van der Waals surface area contributed by atoms with Crippen molar-refractivity contribution in [3.8, 4) is 0 Å². The largest absolute Gasteiger partial charge is 0.349 e. The first-order valence-electron chi connectivity index (χ1n) is 5.41. The summed E-state index contributed by atoms with van der Waals surface area (Å²) in [5.41, 5.74) is 5.20. The first-order valence-corrected chi connectivity index (χ1v) is 5.41. The minimum atomic E-state index is -0.724. The molecule has 1 aromatic carbocycles. The Morgan fingerprint density at radius 2 is 1.88 bits per heavy atom. The monoisotopic (exact) mass is 242 g/mol. The SMILES string of the molecule is CC(CN)C(=O)NC(C)c1c(F)cccc1F. The lowest BCUT2D eigenvalue weighted by Gasteiger charge is -2.18. The summed E-state index contributed by atoms with van der Waals surface area (Å²) in [6.07, 6.45) is 0. The van der Waals surface area contributed by atoms with Gasteiger partial charge in [-0.1, -0.05) is 13.0 Å². The second-order valence-electron chi connectivity index (χ2n) is 4.00. The quantitative estimate of drug-likeness (QED) is 0.845. The molecular weight excluding hydrogens is 226 g/mol. The molecule has 1 rings (SSSR count). The van der Waals surface area contributed by atoms with Gasteiger partial charge < -0.3 is 11.1 Å². The number of carbonyl (C=O) groups is 1. The van der Waals surface area contributed by atoms with Gasteiger partial charge in [-0.2, -0.15) is 0 Å². The molecule has 94 valence electrons. The van der Waals surface area contributed by atoms with Gasteiger partial charge >= 0.3 is 0 Å². The predicted octanol–water partition coefficient (Wildman–Crippen LogP) is 1.74. The van der Waals surface area contributed by atoms with Crippen LogP contribution in [0.3, 0.4) is 0 Å². The van der Waals surface area contributed by atoms with Crippen molar-refractivity contribution in [3.05, 3.63) is 35.4 Å². The average Bonchev–Trinajstić information content (AvgIpc) is 2.27. The van der Waals surface area contributed by atoms with E-state index in [1.165, 1.54) is 13.0 Å². The second-order valence-corrected chi connectivity index (χ2v) is 4.00. The van der Waals surface area contributed by atoms with Crippen LogP contribution >= 0.6 is 0 Å². The van der Waals surface area contributed by atoms with Crippen LogP contribution in [0.1, 0.15) is 25.5 Å². The molecular formula is C12H16F2N2O. The molecule has 1 amide bonds. The van der Waals surface area contributed by atoms with E-state index in [0.29, 0.717) is 0 Å². The molecule has 0 bridgehead atoms. The first-order chi connectivity index (χ1) is 7.97. The zero-order chi connectivity index (χ0) is 13.0. The summed E-state index contributed by atoms with van der Waals surface area (Å²) in [4.78, 5) is 11.5. The zero-order valence-electron chi connectivity index (χ0n) is 9.84. The highest BCUT2D eigenvalue weighted by molar-refractivity contribution is 5.78. The molecule has 3 N–H and O–H groups in total. The topological polar surface area (TPSA) is 55.1 Å². The molecule has 1 aromatic rings. The third-order valence-corrected chi connectivity index (χ3v) is 2.59. The van der Waals surface area contributed by atoms with Crippen LogP contribution in [0.15, 0.2) is 18.2 Å².